The van der Waals surface area contributed by atoms with Crippen molar-refractivity contribution in [1.29, 1.82) is 0 Å². The lowest BCUT2D eigenvalue weighted by atomic mass is 10.1. The van der Waals surface area contributed by atoms with Gasteiger partial charge in [0, 0.05) is 30.2 Å². The molecule has 0 spiro atoms. The number of hydrogen-bond acceptors (Lipinski definition) is 3. The number of likely N-dealkylation sites (N-methyl/N-ethyl adjacent to an activating group) is 1. The summed E-state index contributed by atoms with van der Waals surface area (Å²) < 4.78 is 5.51. The Bertz CT molecular complexity index is 421. The average Bonchev–Trinajstić information content (AvgIpc) is 2.35. The second kappa shape index (κ2) is 6.61. The van der Waals surface area contributed by atoms with Crippen LogP contribution in [0.15, 0.2) is 18.2 Å². The van der Waals surface area contributed by atoms with E-state index in [9.17, 15) is 4.79 Å². The van der Waals surface area contributed by atoms with E-state index >= 15 is 0 Å². The van der Waals surface area contributed by atoms with Crippen LogP contribution in [0, 0.1) is 0 Å². The Morgan fingerprint density at radius 1 is 1.56 bits per heavy atom. The maximum Gasteiger partial charge on any atom is 0.260 e. The van der Waals surface area contributed by atoms with Crippen LogP contribution in [0.2, 0.25) is 5.02 Å². The van der Waals surface area contributed by atoms with Gasteiger partial charge in [-0.15, -0.1) is 0 Å². The van der Waals surface area contributed by atoms with Crippen molar-refractivity contribution in [3.8, 4) is 5.75 Å². The van der Waals surface area contributed by atoms with Gasteiger partial charge in [0.05, 0.1) is 0 Å². The zero-order valence-electron chi connectivity index (χ0n) is 10.9. The maximum atomic E-state index is 11.6. The van der Waals surface area contributed by atoms with Crippen molar-refractivity contribution in [2.75, 3.05) is 20.2 Å². The topological polar surface area (TPSA) is 55.6 Å². The number of amides is 1. The smallest absolute Gasteiger partial charge is 0.260 e. The molecule has 1 aromatic rings. The van der Waals surface area contributed by atoms with Crippen molar-refractivity contribution in [3.63, 3.8) is 0 Å². The van der Waals surface area contributed by atoms with E-state index in [4.69, 9.17) is 22.1 Å². The Labute approximate surface area is 113 Å². The van der Waals surface area contributed by atoms with Gasteiger partial charge in [0.2, 0.25) is 0 Å². The summed E-state index contributed by atoms with van der Waals surface area (Å²) in [6.07, 6.45) is 0. The summed E-state index contributed by atoms with van der Waals surface area (Å²) in [4.78, 5) is 13.2. The van der Waals surface area contributed by atoms with Crippen molar-refractivity contribution in [3.05, 3.63) is 28.8 Å². The minimum absolute atomic E-state index is 0.00565. The molecule has 4 nitrogen and oxygen atoms in total. The van der Waals surface area contributed by atoms with Crippen LogP contribution in [0.5, 0.6) is 5.75 Å². The van der Waals surface area contributed by atoms with Gasteiger partial charge in [0.25, 0.3) is 5.91 Å². The van der Waals surface area contributed by atoms with Gasteiger partial charge in [-0.2, -0.15) is 0 Å². The molecule has 0 fully saturated rings. The second-order valence-electron chi connectivity index (χ2n) is 4.17. The quantitative estimate of drug-likeness (QED) is 0.893. The van der Waals surface area contributed by atoms with Gasteiger partial charge in [0.1, 0.15) is 5.75 Å². The lowest BCUT2D eigenvalue weighted by Crippen LogP contribution is -2.31. The maximum absolute atomic E-state index is 11.6. The van der Waals surface area contributed by atoms with Crippen LogP contribution < -0.4 is 10.5 Å². The Morgan fingerprint density at radius 3 is 2.78 bits per heavy atom. The molecule has 1 rings (SSSR count). The number of nitrogens with two attached hydrogens (primary N) is 1. The second-order valence-corrected chi connectivity index (χ2v) is 4.60. The fourth-order valence-electron chi connectivity index (χ4n) is 1.43. The first kappa shape index (κ1) is 14.8. The van der Waals surface area contributed by atoms with E-state index in [1.165, 1.54) is 0 Å². The Balaban J connectivity index is 2.76. The monoisotopic (exact) mass is 270 g/mol. The van der Waals surface area contributed by atoms with Crippen molar-refractivity contribution in [2.24, 2.45) is 5.73 Å². The van der Waals surface area contributed by atoms with Gasteiger partial charge < -0.3 is 15.4 Å². The first-order valence-corrected chi connectivity index (χ1v) is 6.25. The van der Waals surface area contributed by atoms with Gasteiger partial charge in [-0.25, -0.2) is 0 Å². The van der Waals surface area contributed by atoms with E-state index in [1.54, 1.807) is 30.1 Å². The zero-order valence-corrected chi connectivity index (χ0v) is 11.7. The lowest BCUT2D eigenvalue weighted by Gasteiger charge is -2.17. The fourth-order valence-corrected chi connectivity index (χ4v) is 1.61. The highest BCUT2D eigenvalue weighted by atomic mass is 35.5. The number of rotatable bonds is 5. The molecule has 0 heterocycles. The van der Waals surface area contributed by atoms with Crippen molar-refractivity contribution >= 4 is 17.5 Å². The van der Waals surface area contributed by atoms with Crippen LogP contribution in [0.3, 0.4) is 0 Å². The van der Waals surface area contributed by atoms with Crippen LogP contribution in [-0.4, -0.2) is 31.0 Å². The Kier molecular flexibility index (Phi) is 5.44. The van der Waals surface area contributed by atoms with Gasteiger partial charge >= 0.3 is 0 Å². The van der Waals surface area contributed by atoms with E-state index in [0.717, 1.165) is 5.56 Å². The summed E-state index contributed by atoms with van der Waals surface area (Å²) in [5, 5.41) is 0.603. The molecule has 0 radical (unpaired) electrons. The van der Waals surface area contributed by atoms with Crippen LogP contribution in [0.1, 0.15) is 25.5 Å². The molecule has 1 atom stereocenters. The predicted molar refractivity (Wildman–Crippen MR) is 72.9 cm³/mol. The highest BCUT2D eigenvalue weighted by Gasteiger charge is 2.12. The molecule has 0 bridgehead atoms. The van der Waals surface area contributed by atoms with Crippen molar-refractivity contribution in [2.45, 2.75) is 19.9 Å². The van der Waals surface area contributed by atoms with Gasteiger partial charge in [-0.1, -0.05) is 11.6 Å². The molecule has 0 aliphatic rings. The number of ether oxygens (including phenoxy) is 1. The summed E-state index contributed by atoms with van der Waals surface area (Å²) in [6, 6.07) is 5.02. The number of hydrogen-bond donors (Lipinski definition) is 1. The van der Waals surface area contributed by atoms with Crippen LogP contribution >= 0.6 is 11.6 Å². The summed E-state index contributed by atoms with van der Waals surface area (Å²) >= 11 is 5.91. The normalized spacial score (nSPS) is 12.1. The molecular weight excluding hydrogens is 252 g/mol. The van der Waals surface area contributed by atoms with E-state index in [-0.39, 0.29) is 18.6 Å². The minimum Gasteiger partial charge on any atom is -0.483 e. The van der Waals surface area contributed by atoms with Crippen LogP contribution in [0.25, 0.3) is 0 Å². The molecule has 2 N–H and O–H groups in total. The molecule has 0 aliphatic heterocycles. The molecule has 5 heteroatoms. The molecule has 0 aliphatic carbocycles. The van der Waals surface area contributed by atoms with Gasteiger partial charge in [-0.05, 0) is 32.0 Å². The highest BCUT2D eigenvalue weighted by molar-refractivity contribution is 6.30. The third-order valence-corrected chi connectivity index (χ3v) is 2.95. The summed E-state index contributed by atoms with van der Waals surface area (Å²) in [5.74, 6) is 0.537. The number of nitrogens with zero attached hydrogens (tertiary/aromatic N) is 1. The first-order valence-electron chi connectivity index (χ1n) is 5.87. The number of halogens is 1. The zero-order chi connectivity index (χ0) is 13.7. The first-order chi connectivity index (χ1) is 8.45. The molecule has 18 heavy (non-hydrogen) atoms. The highest BCUT2D eigenvalue weighted by Crippen LogP contribution is 2.27. The number of carbonyl (C=O) groups excluding carboxylic acids is 1. The van der Waals surface area contributed by atoms with Crippen molar-refractivity contribution < 1.29 is 9.53 Å². The predicted octanol–water partition coefficient (Wildman–Crippen LogP) is 2.22. The lowest BCUT2D eigenvalue weighted by molar-refractivity contribution is -0.131. The summed E-state index contributed by atoms with van der Waals surface area (Å²) in [6.45, 7) is 4.42. The van der Waals surface area contributed by atoms with Gasteiger partial charge in [0.15, 0.2) is 6.61 Å². The molecular formula is C13H19ClN2O2. The largest absolute Gasteiger partial charge is 0.483 e. The molecule has 0 saturated carbocycles. The number of benzene rings is 1. The van der Waals surface area contributed by atoms with Crippen molar-refractivity contribution in [1.82, 2.24) is 4.90 Å². The molecule has 1 amide bonds. The molecule has 0 aromatic heterocycles. The van der Waals surface area contributed by atoms with E-state index in [1.807, 2.05) is 13.8 Å². The summed E-state index contributed by atoms with van der Waals surface area (Å²) in [7, 11) is 1.74. The minimum atomic E-state index is -0.197. The molecule has 1 aromatic carbocycles. The molecule has 100 valence electrons. The standard InChI is InChI=1S/C13H19ClN2O2/c1-4-16(3)13(17)8-18-12-6-5-10(14)7-11(12)9(2)15/h5-7,9H,4,8,15H2,1-3H3. The Morgan fingerprint density at radius 2 is 2.22 bits per heavy atom. The molecule has 0 saturated heterocycles. The SMILES string of the molecule is CCN(C)C(=O)COc1ccc(Cl)cc1C(C)N. The van der Waals surface area contributed by atoms with Crippen LogP contribution in [0.4, 0.5) is 0 Å². The average molecular weight is 271 g/mol. The van der Waals surface area contributed by atoms with Gasteiger partial charge in [-0.3, -0.25) is 4.79 Å². The third kappa shape index (κ3) is 3.89. The van der Waals surface area contributed by atoms with E-state index < -0.39 is 0 Å². The van der Waals surface area contributed by atoms with E-state index in [2.05, 4.69) is 0 Å². The third-order valence-electron chi connectivity index (χ3n) is 2.71. The summed E-state index contributed by atoms with van der Waals surface area (Å²) in [5.41, 5.74) is 6.64. The van der Waals surface area contributed by atoms with Crippen LogP contribution in [-0.2, 0) is 4.79 Å². The number of carbonyl (C=O) groups is 1. The molecule has 1 unspecified atom stereocenters. The Hall–Kier alpha value is -1.26. The van der Waals surface area contributed by atoms with E-state index in [0.29, 0.717) is 17.3 Å². The fraction of sp³-hybridized carbons (Fsp3) is 0.462.